The fraction of sp³-hybridized carbons (Fsp3) is 0.381. The third-order valence-electron chi connectivity index (χ3n) is 5.74. The summed E-state index contributed by atoms with van der Waals surface area (Å²) < 4.78 is 1.70. The molecule has 29 heavy (non-hydrogen) atoms. The van der Waals surface area contributed by atoms with E-state index in [-0.39, 0.29) is 5.69 Å². The summed E-state index contributed by atoms with van der Waals surface area (Å²) in [6, 6.07) is 10.8. The van der Waals surface area contributed by atoms with E-state index in [1.165, 1.54) is 0 Å². The van der Waals surface area contributed by atoms with Crippen LogP contribution in [0.5, 0.6) is 0 Å². The van der Waals surface area contributed by atoms with Gasteiger partial charge in [-0.2, -0.15) is 0 Å². The molecule has 1 aliphatic heterocycles. The molecule has 3 aromatic rings. The molecule has 4 rings (SSSR count). The van der Waals surface area contributed by atoms with E-state index < -0.39 is 5.60 Å². The Bertz CT molecular complexity index is 1070. The van der Waals surface area contributed by atoms with Gasteiger partial charge in [-0.3, -0.25) is 4.57 Å². The van der Waals surface area contributed by atoms with Crippen molar-refractivity contribution in [3.63, 3.8) is 0 Å². The van der Waals surface area contributed by atoms with Gasteiger partial charge in [0.05, 0.1) is 26.7 Å². The molecule has 0 radical (unpaired) electrons. The minimum Gasteiger partial charge on any atom is -0.385 e. The van der Waals surface area contributed by atoms with E-state index in [1.807, 2.05) is 24.3 Å². The third kappa shape index (κ3) is 4.35. The summed E-state index contributed by atoms with van der Waals surface area (Å²) in [6.45, 7) is 3.07. The van der Waals surface area contributed by atoms with Crippen LogP contribution in [-0.2, 0) is 12.1 Å². The number of rotatable bonds is 5. The van der Waals surface area contributed by atoms with E-state index in [0.717, 1.165) is 37.1 Å². The van der Waals surface area contributed by atoms with Crippen LogP contribution in [0.15, 0.2) is 41.2 Å². The number of likely N-dealkylation sites (tertiary alicyclic amines) is 1. The summed E-state index contributed by atoms with van der Waals surface area (Å²) in [7, 11) is 0. The summed E-state index contributed by atoms with van der Waals surface area (Å²) in [5.41, 5.74) is 1.41. The topological polar surface area (TPSA) is 61.3 Å². The number of imidazole rings is 1. The molecule has 0 aliphatic carbocycles. The van der Waals surface area contributed by atoms with E-state index in [1.54, 1.807) is 16.7 Å². The molecule has 0 amide bonds. The number of H-pyrrole nitrogens is 1. The maximum Gasteiger partial charge on any atom is 0.326 e. The number of nitrogens with one attached hydrogen (secondary N) is 1. The molecule has 1 fully saturated rings. The maximum absolute atomic E-state index is 12.3. The zero-order chi connectivity index (χ0) is 20.6. The van der Waals surface area contributed by atoms with Crippen molar-refractivity contribution in [3.8, 4) is 0 Å². The summed E-state index contributed by atoms with van der Waals surface area (Å²) >= 11 is 18.1. The summed E-state index contributed by atoms with van der Waals surface area (Å²) in [6.07, 6.45) is 2.18. The van der Waals surface area contributed by atoms with E-state index in [4.69, 9.17) is 34.8 Å². The number of hydrogen-bond donors (Lipinski definition) is 2. The van der Waals surface area contributed by atoms with E-state index >= 15 is 0 Å². The van der Waals surface area contributed by atoms with Crippen molar-refractivity contribution in [2.75, 3.05) is 19.6 Å². The van der Waals surface area contributed by atoms with Crippen LogP contribution in [0, 0.1) is 0 Å². The van der Waals surface area contributed by atoms with Crippen molar-refractivity contribution >= 4 is 45.8 Å². The van der Waals surface area contributed by atoms with Crippen molar-refractivity contribution in [3.05, 3.63) is 67.5 Å². The molecule has 0 unspecified atom stereocenters. The number of aromatic nitrogens is 2. The second-order valence-corrected chi connectivity index (χ2v) is 8.85. The minimum absolute atomic E-state index is 0.158. The van der Waals surface area contributed by atoms with Crippen molar-refractivity contribution in [2.45, 2.75) is 31.4 Å². The van der Waals surface area contributed by atoms with Gasteiger partial charge in [-0.15, -0.1) is 0 Å². The van der Waals surface area contributed by atoms with Crippen molar-refractivity contribution in [1.29, 1.82) is 0 Å². The molecule has 2 heterocycles. The van der Waals surface area contributed by atoms with Gasteiger partial charge in [-0.1, -0.05) is 46.9 Å². The Hall–Kier alpha value is -1.50. The molecule has 1 aliphatic rings. The lowest BCUT2D eigenvalue weighted by molar-refractivity contribution is -0.0261. The smallest absolute Gasteiger partial charge is 0.326 e. The van der Waals surface area contributed by atoms with Gasteiger partial charge >= 0.3 is 5.69 Å². The van der Waals surface area contributed by atoms with Gasteiger partial charge in [0.15, 0.2) is 0 Å². The zero-order valence-electron chi connectivity index (χ0n) is 15.8. The molecule has 0 atom stereocenters. The number of nitrogens with zero attached hydrogens (tertiary/aromatic N) is 2. The molecule has 1 saturated heterocycles. The Labute approximate surface area is 183 Å². The highest BCUT2D eigenvalue weighted by Crippen LogP contribution is 2.33. The highest BCUT2D eigenvalue weighted by atomic mass is 35.5. The molecular weight excluding hydrogens is 433 g/mol. The number of aromatic amines is 1. The van der Waals surface area contributed by atoms with Crippen LogP contribution in [-0.4, -0.2) is 39.2 Å². The number of hydrogen-bond acceptors (Lipinski definition) is 3. The lowest BCUT2D eigenvalue weighted by Gasteiger charge is -2.38. The standard InChI is InChI=1S/C21H22Cl3N3O2/c22-15-4-2-14(3-5-15)21(29)6-10-26(11-7-21)8-1-9-27-19-13-17(24)16(23)12-18(19)25-20(27)28/h2-5,12-13,29H,1,6-11H2,(H,25,28). The Morgan fingerprint density at radius 2 is 1.66 bits per heavy atom. The molecule has 0 spiro atoms. The fourth-order valence-electron chi connectivity index (χ4n) is 4.02. The van der Waals surface area contributed by atoms with Gasteiger partial charge in [0.25, 0.3) is 0 Å². The number of aliphatic hydroxyl groups is 1. The van der Waals surface area contributed by atoms with Gasteiger partial charge in [0.2, 0.25) is 0 Å². The van der Waals surface area contributed by atoms with Crippen LogP contribution in [0.1, 0.15) is 24.8 Å². The molecule has 2 aromatic carbocycles. The van der Waals surface area contributed by atoms with Gasteiger partial charge in [-0.25, -0.2) is 4.79 Å². The Balaban J connectivity index is 1.35. The molecular formula is C21H22Cl3N3O2. The first-order valence-electron chi connectivity index (χ1n) is 9.64. The summed E-state index contributed by atoms with van der Waals surface area (Å²) in [4.78, 5) is 17.4. The number of piperidine rings is 1. The maximum atomic E-state index is 12.3. The van der Waals surface area contributed by atoms with Crippen LogP contribution in [0.4, 0.5) is 0 Å². The first-order valence-corrected chi connectivity index (χ1v) is 10.8. The predicted octanol–water partition coefficient (Wildman–Crippen LogP) is 4.66. The molecule has 154 valence electrons. The molecule has 0 saturated carbocycles. The second-order valence-electron chi connectivity index (χ2n) is 7.60. The summed E-state index contributed by atoms with van der Waals surface area (Å²) in [5.74, 6) is 0. The second kappa shape index (κ2) is 8.32. The lowest BCUT2D eigenvalue weighted by atomic mass is 9.84. The lowest BCUT2D eigenvalue weighted by Crippen LogP contribution is -2.43. The molecule has 8 heteroatoms. The normalized spacial score (nSPS) is 17.1. The SMILES string of the molecule is O=c1[nH]c2cc(Cl)c(Cl)cc2n1CCCN1CCC(O)(c2ccc(Cl)cc2)CC1. The van der Waals surface area contributed by atoms with Gasteiger partial charge in [0.1, 0.15) is 0 Å². The highest BCUT2D eigenvalue weighted by Gasteiger charge is 2.33. The van der Waals surface area contributed by atoms with E-state index in [2.05, 4.69) is 9.88 Å². The van der Waals surface area contributed by atoms with Crippen molar-refractivity contribution in [1.82, 2.24) is 14.5 Å². The number of halogens is 3. The van der Waals surface area contributed by atoms with Crippen LogP contribution in [0.2, 0.25) is 15.1 Å². The van der Waals surface area contributed by atoms with Gasteiger partial charge in [-0.05, 0) is 55.6 Å². The Morgan fingerprint density at radius 3 is 2.34 bits per heavy atom. The minimum atomic E-state index is -0.801. The number of benzene rings is 2. The predicted molar refractivity (Wildman–Crippen MR) is 118 cm³/mol. The van der Waals surface area contributed by atoms with Crippen LogP contribution >= 0.6 is 34.8 Å². The third-order valence-corrected chi connectivity index (χ3v) is 6.71. The average molecular weight is 455 g/mol. The first kappa shape index (κ1) is 20.8. The molecule has 1 aromatic heterocycles. The highest BCUT2D eigenvalue weighted by molar-refractivity contribution is 6.42. The monoisotopic (exact) mass is 453 g/mol. The summed E-state index contributed by atoms with van der Waals surface area (Å²) in [5, 5.41) is 12.5. The first-order chi connectivity index (χ1) is 13.9. The molecule has 2 N–H and O–H groups in total. The fourth-order valence-corrected chi connectivity index (χ4v) is 4.47. The van der Waals surface area contributed by atoms with Crippen LogP contribution in [0.25, 0.3) is 11.0 Å². The van der Waals surface area contributed by atoms with Gasteiger partial charge < -0.3 is 15.0 Å². The van der Waals surface area contributed by atoms with Crippen LogP contribution in [0.3, 0.4) is 0 Å². The molecule has 0 bridgehead atoms. The van der Waals surface area contributed by atoms with Gasteiger partial charge in [0, 0.05) is 24.7 Å². The number of fused-ring (bicyclic) bond motifs is 1. The average Bonchev–Trinajstić information content (AvgIpc) is 2.99. The van der Waals surface area contributed by atoms with Crippen molar-refractivity contribution in [2.24, 2.45) is 0 Å². The van der Waals surface area contributed by atoms with Crippen LogP contribution < -0.4 is 5.69 Å². The molecule has 5 nitrogen and oxygen atoms in total. The zero-order valence-corrected chi connectivity index (χ0v) is 18.1. The van der Waals surface area contributed by atoms with E-state index in [0.29, 0.717) is 40.0 Å². The largest absolute Gasteiger partial charge is 0.385 e. The Morgan fingerprint density at radius 1 is 1.00 bits per heavy atom. The van der Waals surface area contributed by atoms with E-state index in [9.17, 15) is 9.90 Å². The van der Waals surface area contributed by atoms with Crippen molar-refractivity contribution < 1.29 is 5.11 Å². The quantitative estimate of drug-likeness (QED) is 0.589. The number of aryl methyl sites for hydroxylation is 1. The Kier molecular flexibility index (Phi) is 5.96.